The van der Waals surface area contributed by atoms with Gasteiger partial charge < -0.3 is 10.2 Å². The van der Waals surface area contributed by atoms with Gasteiger partial charge in [-0.1, -0.05) is 6.07 Å². The Bertz CT molecular complexity index is 768. The summed E-state index contributed by atoms with van der Waals surface area (Å²) < 4.78 is 14.7. The Morgan fingerprint density at radius 3 is 2.80 bits per heavy atom. The van der Waals surface area contributed by atoms with E-state index < -0.39 is 0 Å². The fraction of sp³-hybridized carbons (Fsp3) is 0.556. The van der Waals surface area contributed by atoms with Crippen LogP contribution in [0.15, 0.2) is 12.1 Å². The van der Waals surface area contributed by atoms with Crippen LogP contribution in [-0.4, -0.2) is 47.9 Å². The van der Waals surface area contributed by atoms with Crippen molar-refractivity contribution in [1.29, 1.82) is 0 Å². The molecule has 6 nitrogen and oxygen atoms in total. The van der Waals surface area contributed by atoms with Gasteiger partial charge in [0.1, 0.15) is 5.82 Å². The molecule has 25 heavy (non-hydrogen) atoms. The third-order valence-electron chi connectivity index (χ3n) is 6.06. The van der Waals surface area contributed by atoms with Crippen molar-refractivity contribution in [3.05, 3.63) is 29.1 Å². The van der Waals surface area contributed by atoms with Crippen LogP contribution >= 0.6 is 0 Å². The molecular formula is C18H21FN4O2. The standard InChI is InChI=1S/C18H21FN4O2/c19-14-2-1-10-7-22(15-3-4-16(24)21-18(15)25)9-13(10)17(14)23-8-11-5-12(23)6-20-11/h1-2,11-12,15,20H,3-9H2,(H,21,24,25). The molecule has 132 valence electrons. The highest BCUT2D eigenvalue weighted by molar-refractivity contribution is 6.00. The molecule has 2 bridgehead atoms. The molecule has 0 saturated carbocycles. The van der Waals surface area contributed by atoms with Crippen LogP contribution in [0.4, 0.5) is 10.1 Å². The Labute approximate surface area is 145 Å². The second-order valence-electron chi connectivity index (χ2n) is 7.55. The second-order valence-corrected chi connectivity index (χ2v) is 7.55. The van der Waals surface area contributed by atoms with E-state index in [1.54, 1.807) is 6.07 Å². The Morgan fingerprint density at radius 2 is 2.08 bits per heavy atom. The molecule has 3 atom stereocenters. The fourth-order valence-electron chi connectivity index (χ4n) is 4.85. The maximum absolute atomic E-state index is 14.7. The van der Waals surface area contributed by atoms with Crippen molar-refractivity contribution in [1.82, 2.24) is 15.5 Å². The number of imide groups is 1. The molecule has 4 aliphatic heterocycles. The number of piperazine rings is 1. The first-order chi connectivity index (χ1) is 12.1. The van der Waals surface area contributed by atoms with Gasteiger partial charge in [-0.25, -0.2) is 4.39 Å². The molecule has 4 heterocycles. The molecule has 0 spiro atoms. The SMILES string of the molecule is O=C1CCC(N2Cc3ccc(F)c(N4CC5CC4CN5)c3C2)C(=O)N1. The number of hydrogen-bond donors (Lipinski definition) is 2. The van der Waals surface area contributed by atoms with E-state index in [4.69, 9.17) is 0 Å². The third-order valence-corrected chi connectivity index (χ3v) is 6.06. The van der Waals surface area contributed by atoms with Gasteiger partial charge in [-0.05, 0) is 30.0 Å². The summed E-state index contributed by atoms with van der Waals surface area (Å²) in [5, 5.41) is 5.88. The van der Waals surface area contributed by atoms with Crippen LogP contribution in [-0.2, 0) is 22.7 Å². The van der Waals surface area contributed by atoms with Crippen molar-refractivity contribution in [2.45, 2.75) is 50.5 Å². The molecular weight excluding hydrogens is 323 g/mol. The summed E-state index contributed by atoms with van der Waals surface area (Å²) in [5.74, 6) is -0.600. The Hall–Kier alpha value is -1.99. The molecule has 1 aromatic carbocycles. The van der Waals surface area contributed by atoms with E-state index in [9.17, 15) is 14.0 Å². The number of benzene rings is 1. The molecule has 3 saturated heterocycles. The predicted octanol–water partition coefficient (Wildman–Crippen LogP) is 0.497. The number of carbonyl (C=O) groups is 2. The van der Waals surface area contributed by atoms with E-state index >= 15 is 0 Å². The molecule has 3 fully saturated rings. The van der Waals surface area contributed by atoms with E-state index in [-0.39, 0.29) is 23.7 Å². The van der Waals surface area contributed by atoms with Gasteiger partial charge in [-0.15, -0.1) is 0 Å². The van der Waals surface area contributed by atoms with E-state index in [2.05, 4.69) is 20.4 Å². The first kappa shape index (κ1) is 15.3. The van der Waals surface area contributed by atoms with Crippen LogP contribution < -0.4 is 15.5 Å². The average molecular weight is 344 g/mol. The lowest BCUT2D eigenvalue weighted by atomic mass is 10.0. The topological polar surface area (TPSA) is 64.7 Å². The Balaban J connectivity index is 1.44. The molecule has 1 aromatic rings. The van der Waals surface area contributed by atoms with E-state index in [0.717, 1.165) is 36.3 Å². The maximum Gasteiger partial charge on any atom is 0.243 e. The van der Waals surface area contributed by atoms with Crippen LogP contribution in [0.3, 0.4) is 0 Å². The van der Waals surface area contributed by atoms with Gasteiger partial charge in [0.25, 0.3) is 0 Å². The molecule has 2 amide bonds. The number of piperidine rings is 1. The van der Waals surface area contributed by atoms with Crippen molar-refractivity contribution in [2.24, 2.45) is 0 Å². The number of hydrogen-bond acceptors (Lipinski definition) is 5. The lowest BCUT2D eigenvalue weighted by Gasteiger charge is -2.32. The van der Waals surface area contributed by atoms with Crippen molar-refractivity contribution in [2.75, 3.05) is 18.0 Å². The Kier molecular flexibility index (Phi) is 3.36. The number of anilines is 1. The molecule has 0 aromatic heterocycles. The van der Waals surface area contributed by atoms with Crippen LogP contribution in [0, 0.1) is 5.82 Å². The highest BCUT2D eigenvalue weighted by Gasteiger charge is 2.42. The third kappa shape index (κ3) is 2.37. The first-order valence-electron chi connectivity index (χ1n) is 8.98. The van der Waals surface area contributed by atoms with Gasteiger partial charge in [-0.3, -0.25) is 19.8 Å². The number of fused-ring (bicyclic) bond motifs is 3. The van der Waals surface area contributed by atoms with Crippen molar-refractivity contribution >= 4 is 17.5 Å². The maximum atomic E-state index is 14.7. The zero-order valence-corrected chi connectivity index (χ0v) is 13.9. The lowest BCUT2D eigenvalue weighted by molar-refractivity contribution is -0.137. The number of nitrogens with one attached hydrogen (secondary N) is 2. The molecule has 3 unspecified atom stereocenters. The Morgan fingerprint density at radius 1 is 1.20 bits per heavy atom. The van der Waals surface area contributed by atoms with Gasteiger partial charge in [-0.2, -0.15) is 0 Å². The minimum atomic E-state index is -0.308. The number of amides is 2. The molecule has 7 heteroatoms. The summed E-state index contributed by atoms with van der Waals surface area (Å²) >= 11 is 0. The van der Waals surface area contributed by atoms with Crippen LogP contribution in [0.2, 0.25) is 0 Å². The first-order valence-corrected chi connectivity index (χ1v) is 8.98. The van der Waals surface area contributed by atoms with Gasteiger partial charge in [0, 0.05) is 44.7 Å². The molecule has 4 aliphatic rings. The van der Waals surface area contributed by atoms with Gasteiger partial charge >= 0.3 is 0 Å². The van der Waals surface area contributed by atoms with Crippen LogP contribution in [0.25, 0.3) is 0 Å². The summed E-state index contributed by atoms with van der Waals surface area (Å²) in [7, 11) is 0. The quantitative estimate of drug-likeness (QED) is 0.765. The van der Waals surface area contributed by atoms with Crippen molar-refractivity contribution in [3.63, 3.8) is 0 Å². The molecule has 5 rings (SSSR count). The molecule has 0 aliphatic carbocycles. The fourth-order valence-corrected chi connectivity index (χ4v) is 4.85. The van der Waals surface area contributed by atoms with E-state index in [0.29, 0.717) is 38.0 Å². The zero-order valence-electron chi connectivity index (χ0n) is 13.9. The van der Waals surface area contributed by atoms with Crippen LogP contribution in [0.5, 0.6) is 0 Å². The summed E-state index contributed by atoms with van der Waals surface area (Å²) in [5.41, 5.74) is 2.83. The number of halogens is 1. The normalized spacial score (nSPS) is 31.6. The average Bonchev–Trinajstić information content (AvgIpc) is 3.29. The number of carbonyl (C=O) groups excluding carboxylic acids is 2. The minimum Gasteiger partial charge on any atom is -0.363 e. The van der Waals surface area contributed by atoms with Gasteiger partial charge in [0.15, 0.2) is 0 Å². The number of nitrogens with zero attached hydrogens (tertiary/aromatic N) is 2. The van der Waals surface area contributed by atoms with Crippen LogP contribution in [0.1, 0.15) is 30.4 Å². The molecule has 2 N–H and O–H groups in total. The highest BCUT2D eigenvalue weighted by Crippen LogP contribution is 2.39. The highest BCUT2D eigenvalue weighted by atomic mass is 19.1. The predicted molar refractivity (Wildman–Crippen MR) is 89.4 cm³/mol. The van der Waals surface area contributed by atoms with Gasteiger partial charge in [0.05, 0.1) is 11.7 Å². The smallest absolute Gasteiger partial charge is 0.243 e. The van der Waals surface area contributed by atoms with E-state index in [1.807, 2.05) is 6.07 Å². The monoisotopic (exact) mass is 344 g/mol. The lowest BCUT2D eigenvalue weighted by Crippen LogP contribution is -2.50. The summed E-state index contributed by atoms with van der Waals surface area (Å²) in [6, 6.07) is 3.90. The van der Waals surface area contributed by atoms with E-state index in [1.165, 1.54) is 0 Å². The summed E-state index contributed by atoms with van der Waals surface area (Å²) in [6.07, 6.45) is 1.97. The zero-order chi connectivity index (χ0) is 17.1. The van der Waals surface area contributed by atoms with Crippen molar-refractivity contribution in [3.8, 4) is 0 Å². The van der Waals surface area contributed by atoms with Gasteiger partial charge in [0.2, 0.25) is 11.8 Å². The second kappa shape index (κ2) is 5.51. The molecule has 0 radical (unpaired) electrons. The van der Waals surface area contributed by atoms with Crippen molar-refractivity contribution < 1.29 is 14.0 Å². The number of rotatable bonds is 2. The minimum absolute atomic E-state index is 0.170. The largest absolute Gasteiger partial charge is 0.363 e. The summed E-state index contributed by atoms with van der Waals surface area (Å²) in [4.78, 5) is 27.9. The summed E-state index contributed by atoms with van der Waals surface area (Å²) in [6.45, 7) is 2.95.